The first kappa shape index (κ1) is 20.6. The van der Waals surface area contributed by atoms with Crippen LogP contribution in [0.5, 0.6) is 11.5 Å². The molecular formula is C25H27N3O4. The molecule has 3 aliphatic heterocycles. The molecule has 2 aromatic carbocycles. The molecule has 166 valence electrons. The van der Waals surface area contributed by atoms with Gasteiger partial charge in [-0.15, -0.1) is 0 Å². The Morgan fingerprint density at radius 1 is 1.03 bits per heavy atom. The van der Waals surface area contributed by atoms with Gasteiger partial charge in [-0.25, -0.2) is 0 Å². The number of fused-ring (bicyclic) bond motifs is 2. The number of carbonyl (C=O) groups excluding carboxylic acids is 2. The van der Waals surface area contributed by atoms with E-state index in [4.69, 9.17) is 9.47 Å². The lowest BCUT2D eigenvalue weighted by Gasteiger charge is -2.31. The number of carbonyl (C=O) groups is 2. The van der Waals surface area contributed by atoms with E-state index in [1.807, 2.05) is 18.2 Å². The summed E-state index contributed by atoms with van der Waals surface area (Å²) >= 11 is 0. The normalized spacial score (nSPS) is 19.9. The zero-order chi connectivity index (χ0) is 22.2. The Morgan fingerprint density at radius 3 is 2.50 bits per heavy atom. The molecule has 0 saturated carbocycles. The maximum absolute atomic E-state index is 13.2. The summed E-state index contributed by atoms with van der Waals surface area (Å²) in [4.78, 5) is 27.5. The van der Waals surface area contributed by atoms with Crippen LogP contribution in [0.15, 0.2) is 36.4 Å². The molecule has 3 heterocycles. The summed E-state index contributed by atoms with van der Waals surface area (Å²) in [5, 5.41) is 6.63. The van der Waals surface area contributed by atoms with Gasteiger partial charge in [0.05, 0.1) is 11.3 Å². The third-order valence-electron chi connectivity index (χ3n) is 6.32. The van der Waals surface area contributed by atoms with Crippen molar-refractivity contribution in [3.05, 3.63) is 53.1 Å². The summed E-state index contributed by atoms with van der Waals surface area (Å²) in [6.45, 7) is 4.55. The van der Waals surface area contributed by atoms with E-state index in [9.17, 15) is 9.59 Å². The quantitative estimate of drug-likeness (QED) is 0.570. The van der Waals surface area contributed by atoms with Crippen LogP contribution in [0.2, 0.25) is 0 Å². The number of nitrogens with one attached hydrogen (secondary N) is 2. The molecule has 7 nitrogen and oxygen atoms in total. The van der Waals surface area contributed by atoms with Gasteiger partial charge in [0.2, 0.25) is 0 Å². The number of hydrogen-bond donors (Lipinski definition) is 2. The topological polar surface area (TPSA) is 79.9 Å². The number of Topliss-reactive ketones (excluding diaryl/α,β-unsaturated/α-hetero) is 1. The minimum Gasteiger partial charge on any atom is -0.486 e. The summed E-state index contributed by atoms with van der Waals surface area (Å²) in [7, 11) is 2.13. The van der Waals surface area contributed by atoms with Gasteiger partial charge in [-0.1, -0.05) is 0 Å². The molecule has 5 rings (SSSR count). The highest BCUT2D eigenvalue weighted by molar-refractivity contribution is 6.36. The van der Waals surface area contributed by atoms with Crippen molar-refractivity contribution in [2.24, 2.45) is 0 Å². The fraction of sp³-hybridized carbons (Fsp3) is 0.360. The van der Waals surface area contributed by atoms with Gasteiger partial charge >= 0.3 is 0 Å². The Bertz CT molecular complexity index is 1120. The van der Waals surface area contributed by atoms with Crippen molar-refractivity contribution in [2.45, 2.75) is 25.8 Å². The first-order valence-corrected chi connectivity index (χ1v) is 11.1. The lowest BCUT2D eigenvalue weighted by Crippen LogP contribution is -2.40. The highest BCUT2D eigenvalue weighted by atomic mass is 16.6. The van der Waals surface area contributed by atoms with Crippen LogP contribution in [0.25, 0.3) is 11.3 Å². The Morgan fingerprint density at radius 2 is 1.75 bits per heavy atom. The number of hydrogen-bond acceptors (Lipinski definition) is 6. The predicted octanol–water partition coefficient (Wildman–Crippen LogP) is 3.16. The van der Waals surface area contributed by atoms with Gasteiger partial charge in [-0.3, -0.25) is 9.59 Å². The van der Waals surface area contributed by atoms with E-state index in [2.05, 4.69) is 22.6 Å². The first-order chi connectivity index (χ1) is 15.5. The van der Waals surface area contributed by atoms with Crippen molar-refractivity contribution in [1.29, 1.82) is 0 Å². The van der Waals surface area contributed by atoms with Gasteiger partial charge in [0.1, 0.15) is 13.2 Å². The summed E-state index contributed by atoms with van der Waals surface area (Å²) < 4.78 is 11.5. The van der Waals surface area contributed by atoms with Crippen LogP contribution in [-0.2, 0) is 4.79 Å². The lowest BCUT2D eigenvalue weighted by molar-refractivity contribution is -0.110. The highest BCUT2D eigenvalue weighted by Crippen LogP contribution is 2.39. The predicted molar refractivity (Wildman–Crippen MR) is 123 cm³/mol. The molecule has 0 bridgehead atoms. The fourth-order valence-electron chi connectivity index (χ4n) is 4.49. The molecule has 0 atom stereocenters. The van der Waals surface area contributed by atoms with Crippen LogP contribution in [0, 0.1) is 0 Å². The number of benzene rings is 2. The van der Waals surface area contributed by atoms with Crippen LogP contribution in [0.4, 0.5) is 5.69 Å². The SMILES string of the molecule is CC(=O)c1ccc2c(c1)C(=C(NC1CCN(C)CC1)c1ccc3c(c1)OCCO3)C(=O)N2. The van der Waals surface area contributed by atoms with Gasteiger partial charge in [0.25, 0.3) is 5.91 Å². The van der Waals surface area contributed by atoms with E-state index < -0.39 is 0 Å². The average Bonchev–Trinajstić information content (AvgIpc) is 3.13. The summed E-state index contributed by atoms with van der Waals surface area (Å²) in [6.07, 6.45) is 1.97. The monoisotopic (exact) mass is 433 g/mol. The third-order valence-corrected chi connectivity index (χ3v) is 6.32. The minimum absolute atomic E-state index is 0.0318. The Kier molecular flexibility index (Phi) is 5.35. The summed E-state index contributed by atoms with van der Waals surface area (Å²) in [5.74, 6) is 1.17. The Hall–Kier alpha value is -3.32. The molecular weight excluding hydrogens is 406 g/mol. The molecule has 2 aromatic rings. The van der Waals surface area contributed by atoms with Crippen molar-refractivity contribution in [2.75, 3.05) is 38.7 Å². The lowest BCUT2D eigenvalue weighted by atomic mass is 9.96. The maximum atomic E-state index is 13.2. The van der Waals surface area contributed by atoms with Gasteiger partial charge in [-0.05, 0) is 76.3 Å². The second-order valence-electron chi connectivity index (χ2n) is 8.60. The van der Waals surface area contributed by atoms with E-state index in [1.165, 1.54) is 6.92 Å². The van der Waals surface area contributed by atoms with Crippen LogP contribution in [-0.4, -0.2) is 56.0 Å². The number of anilines is 1. The van der Waals surface area contributed by atoms with Gasteiger partial charge in [0.15, 0.2) is 17.3 Å². The van der Waals surface area contributed by atoms with E-state index >= 15 is 0 Å². The van der Waals surface area contributed by atoms with Crippen LogP contribution >= 0.6 is 0 Å². The molecule has 2 N–H and O–H groups in total. The van der Waals surface area contributed by atoms with Gasteiger partial charge in [0, 0.05) is 28.4 Å². The highest BCUT2D eigenvalue weighted by Gasteiger charge is 2.31. The van der Waals surface area contributed by atoms with Gasteiger partial charge < -0.3 is 25.0 Å². The van der Waals surface area contributed by atoms with E-state index in [1.54, 1.807) is 18.2 Å². The molecule has 0 radical (unpaired) electrons. The maximum Gasteiger partial charge on any atom is 0.258 e. The van der Waals surface area contributed by atoms with E-state index in [0.717, 1.165) is 48.4 Å². The largest absolute Gasteiger partial charge is 0.486 e. The standard InChI is InChI=1S/C25H27N3O4/c1-15(29)16-3-5-20-19(13-16)23(25(30)27-20)24(26-18-7-9-28(2)10-8-18)17-4-6-21-22(14-17)32-12-11-31-21/h3-6,13-14,18,26H,7-12H2,1-2H3,(H,27,30). The second kappa shape index (κ2) is 8.31. The fourth-order valence-corrected chi connectivity index (χ4v) is 4.49. The number of ketones is 1. The smallest absolute Gasteiger partial charge is 0.258 e. The number of ether oxygens (including phenoxy) is 2. The van der Waals surface area contributed by atoms with Crippen molar-refractivity contribution in [3.63, 3.8) is 0 Å². The molecule has 1 saturated heterocycles. The van der Waals surface area contributed by atoms with Gasteiger partial charge in [-0.2, -0.15) is 0 Å². The number of nitrogens with zero attached hydrogens (tertiary/aromatic N) is 1. The third kappa shape index (κ3) is 3.84. The Balaban J connectivity index is 1.63. The zero-order valence-electron chi connectivity index (χ0n) is 18.4. The number of rotatable bonds is 4. The van der Waals surface area contributed by atoms with Crippen LogP contribution in [0.3, 0.4) is 0 Å². The number of likely N-dealkylation sites (tertiary alicyclic amines) is 1. The van der Waals surface area contributed by atoms with Crippen LogP contribution in [0.1, 0.15) is 41.3 Å². The Labute approximate surface area is 187 Å². The molecule has 1 fully saturated rings. The average molecular weight is 434 g/mol. The molecule has 1 amide bonds. The van der Waals surface area contributed by atoms with Crippen LogP contribution < -0.4 is 20.1 Å². The van der Waals surface area contributed by atoms with E-state index in [0.29, 0.717) is 35.8 Å². The molecule has 0 spiro atoms. The summed E-state index contributed by atoms with van der Waals surface area (Å²) in [5.41, 5.74) is 4.22. The molecule has 0 aromatic heterocycles. The summed E-state index contributed by atoms with van der Waals surface area (Å²) in [6, 6.07) is 11.4. The minimum atomic E-state index is -0.175. The van der Waals surface area contributed by atoms with Crippen molar-refractivity contribution in [3.8, 4) is 11.5 Å². The molecule has 32 heavy (non-hydrogen) atoms. The first-order valence-electron chi connectivity index (χ1n) is 11.1. The van der Waals surface area contributed by atoms with Crippen molar-refractivity contribution >= 4 is 28.6 Å². The molecule has 0 unspecified atom stereocenters. The van der Waals surface area contributed by atoms with E-state index in [-0.39, 0.29) is 17.7 Å². The molecule has 7 heteroatoms. The zero-order valence-corrected chi connectivity index (χ0v) is 18.4. The molecule has 3 aliphatic rings. The molecule has 0 aliphatic carbocycles. The number of piperidine rings is 1. The van der Waals surface area contributed by atoms with Crippen molar-refractivity contribution in [1.82, 2.24) is 10.2 Å². The van der Waals surface area contributed by atoms with Crippen molar-refractivity contribution < 1.29 is 19.1 Å². The number of amides is 1. The second-order valence-corrected chi connectivity index (χ2v) is 8.60.